The second-order valence-electron chi connectivity index (χ2n) is 3.99. The molecule has 0 saturated carbocycles. The molecule has 13 heavy (non-hydrogen) atoms. The third-order valence-corrected chi connectivity index (χ3v) is 3.16. The minimum absolute atomic E-state index is 0.0819. The van der Waals surface area contributed by atoms with Crippen LogP contribution in [0.3, 0.4) is 0 Å². The summed E-state index contributed by atoms with van der Waals surface area (Å²) in [6.07, 6.45) is 5.61. The second-order valence-corrected chi connectivity index (χ2v) is 3.99. The Balaban J connectivity index is 2.11. The van der Waals surface area contributed by atoms with Crippen molar-refractivity contribution in [3.8, 4) is 6.07 Å². The monoisotopic (exact) mass is 180 g/mol. The van der Waals surface area contributed by atoms with Gasteiger partial charge in [-0.2, -0.15) is 5.26 Å². The van der Waals surface area contributed by atoms with E-state index in [1.165, 1.54) is 6.42 Å². The fourth-order valence-electron chi connectivity index (χ4n) is 2.43. The van der Waals surface area contributed by atoms with Crippen molar-refractivity contribution in [3.63, 3.8) is 0 Å². The summed E-state index contributed by atoms with van der Waals surface area (Å²) < 4.78 is 5.82. The molecule has 0 bridgehead atoms. The molecular formula is C10H16N2O. The lowest BCUT2D eigenvalue weighted by atomic mass is 9.80. The molecule has 2 heterocycles. The van der Waals surface area contributed by atoms with Crippen LogP contribution in [0.25, 0.3) is 0 Å². The van der Waals surface area contributed by atoms with E-state index < -0.39 is 0 Å². The highest BCUT2D eigenvalue weighted by molar-refractivity contribution is 5.08. The van der Waals surface area contributed by atoms with Crippen LogP contribution in [0, 0.1) is 11.3 Å². The minimum Gasteiger partial charge on any atom is -0.372 e. The van der Waals surface area contributed by atoms with Gasteiger partial charge in [-0.25, -0.2) is 0 Å². The Morgan fingerprint density at radius 1 is 1.31 bits per heavy atom. The third-order valence-electron chi connectivity index (χ3n) is 3.16. The molecule has 0 unspecified atom stereocenters. The Morgan fingerprint density at radius 2 is 2.15 bits per heavy atom. The van der Waals surface area contributed by atoms with Gasteiger partial charge in [-0.3, -0.25) is 5.32 Å². The Kier molecular flexibility index (Phi) is 2.52. The number of hydrogen-bond acceptors (Lipinski definition) is 3. The molecule has 3 heteroatoms. The summed E-state index contributed by atoms with van der Waals surface area (Å²) in [4.78, 5) is 0. The molecule has 72 valence electrons. The summed E-state index contributed by atoms with van der Waals surface area (Å²) in [6.45, 7) is 1.79. The van der Waals surface area contributed by atoms with Crippen molar-refractivity contribution in [2.75, 3.05) is 13.2 Å². The number of nitrogens with zero attached hydrogens (tertiary/aromatic N) is 1. The standard InChI is InChI=1S/C10H16N2O/c11-8-9-10(5-3-6-12-9)4-1-2-7-13-10/h9,12H,1-7H2/t9-,10-/m0/s1. The summed E-state index contributed by atoms with van der Waals surface area (Å²) in [6, 6.07) is 2.25. The lowest BCUT2D eigenvalue weighted by Crippen LogP contribution is -2.56. The highest BCUT2D eigenvalue weighted by atomic mass is 16.5. The van der Waals surface area contributed by atoms with Crippen LogP contribution in [0.15, 0.2) is 0 Å². The lowest BCUT2D eigenvalue weighted by Gasteiger charge is -2.43. The van der Waals surface area contributed by atoms with Gasteiger partial charge >= 0.3 is 0 Å². The predicted molar refractivity (Wildman–Crippen MR) is 49.2 cm³/mol. The third kappa shape index (κ3) is 1.56. The van der Waals surface area contributed by atoms with Crippen LogP contribution >= 0.6 is 0 Å². The van der Waals surface area contributed by atoms with Crippen molar-refractivity contribution in [1.82, 2.24) is 5.32 Å². The normalized spacial score (nSPS) is 40.1. The van der Waals surface area contributed by atoms with Crippen molar-refractivity contribution in [3.05, 3.63) is 0 Å². The first-order valence-corrected chi connectivity index (χ1v) is 5.14. The summed E-state index contributed by atoms with van der Waals surface area (Å²) >= 11 is 0. The van der Waals surface area contributed by atoms with Crippen LogP contribution in [0.1, 0.15) is 32.1 Å². The lowest BCUT2D eigenvalue weighted by molar-refractivity contribution is -0.105. The molecular weight excluding hydrogens is 164 g/mol. The maximum atomic E-state index is 9.02. The fourth-order valence-corrected chi connectivity index (χ4v) is 2.43. The van der Waals surface area contributed by atoms with Gasteiger partial charge in [0.2, 0.25) is 0 Å². The number of piperidine rings is 1. The zero-order chi connectivity index (χ0) is 9.15. The number of hydrogen-bond donors (Lipinski definition) is 1. The van der Waals surface area contributed by atoms with Crippen LogP contribution in [0.5, 0.6) is 0 Å². The number of nitrogens with one attached hydrogen (secondary N) is 1. The molecule has 1 N–H and O–H groups in total. The molecule has 0 aromatic heterocycles. The Morgan fingerprint density at radius 3 is 2.85 bits per heavy atom. The Bertz CT molecular complexity index is 207. The van der Waals surface area contributed by atoms with E-state index in [1.807, 2.05) is 0 Å². The van der Waals surface area contributed by atoms with Crippen LogP contribution in [0.4, 0.5) is 0 Å². The number of nitriles is 1. The first-order chi connectivity index (χ1) is 6.37. The quantitative estimate of drug-likeness (QED) is 0.609. The maximum absolute atomic E-state index is 9.02. The number of ether oxygens (including phenoxy) is 1. The van der Waals surface area contributed by atoms with Crippen molar-refractivity contribution < 1.29 is 4.74 Å². The zero-order valence-electron chi connectivity index (χ0n) is 7.88. The van der Waals surface area contributed by atoms with Crippen LogP contribution < -0.4 is 5.32 Å². The van der Waals surface area contributed by atoms with Gasteiger partial charge in [0.05, 0.1) is 11.7 Å². The van der Waals surface area contributed by atoms with Crippen LogP contribution in [-0.2, 0) is 4.74 Å². The van der Waals surface area contributed by atoms with E-state index in [0.29, 0.717) is 0 Å². The fraction of sp³-hybridized carbons (Fsp3) is 0.900. The Hall–Kier alpha value is -0.590. The summed E-state index contributed by atoms with van der Waals surface area (Å²) in [5.41, 5.74) is -0.148. The van der Waals surface area contributed by atoms with Crippen molar-refractivity contribution in [2.45, 2.75) is 43.7 Å². The van der Waals surface area contributed by atoms with E-state index in [0.717, 1.165) is 38.8 Å². The zero-order valence-corrected chi connectivity index (χ0v) is 7.88. The molecule has 1 spiro atoms. The van der Waals surface area contributed by atoms with Crippen molar-refractivity contribution in [2.24, 2.45) is 0 Å². The van der Waals surface area contributed by atoms with E-state index in [2.05, 4.69) is 11.4 Å². The molecule has 2 fully saturated rings. The van der Waals surface area contributed by atoms with E-state index in [4.69, 9.17) is 10.00 Å². The van der Waals surface area contributed by atoms with Gasteiger partial charge in [-0.05, 0) is 38.6 Å². The molecule has 2 atom stereocenters. The molecule has 0 aromatic carbocycles. The second kappa shape index (κ2) is 3.65. The number of rotatable bonds is 0. The minimum atomic E-state index is -0.148. The van der Waals surface area contributed by atoms with Crippen LogP contribution in [0.2, 0.25) is 0 Å². The van der Waals surface area contributed by atoms with E-state index in [1.54, 1.807) is 0 Å². The molecule has 2 saturated heterocycles. The van der Waals surface area contributed by atoms with Gasteiger partial charge in [-0.15, -0.1) is 0 Å². The predicted octanol–water partition coefficient (Wildman–Crippen LogP) is 1.20. The van der Waals surface area contributed by atoms with Gasteiger partial charge in [0, 0.05) is 6.61 Å². The SMILES string of the molecule is N#C[C@@H]1NCCC[C@@]12CCCCO2. The first kappa shape index (κ1) is 8.98. The summed E-state index contributed by atoms with van der Waals surface area (Å²) in [7, 11) is 0. The highest BCUT2D eigenvalue weighted by Crippen LogP contribution is 2.34. The van der Waals surface area contributed by atoms with Gasteiger partial charge < -0.3 is 4.74 Å². The molecule has 0 radical (unpaired) electrons. The molecule has 3 nitrogen and oxygen atoms in total. The highest BCUT2D eigenvalue weighted by Gasteiger charge is 2.42. The molecule has 2 rings (SSSR count). The average molecular weight is 180 g/mol. The average Bonchev–Trinajstić information content (AvgIpc) is 2.20. The summed E-state index contributed by atoms with van der Waals surface area (Å²) in [5, 5.41) is 12.3. The van der Waals surface area contributed by atoms with Crippen molar-refractivity contribution >= 4 is 0 Å². The Labute approximate surface area is 79.1 Å². The maximum Gasteiger partial charge on any atom is 0.125 e. The molecule has 2 aliphatic rings. The van der Waals surface area contributed by atoms with Crippen molar-refractivity contribution in [1.29, 1.82) is 5.26 Å². The molecule has 0 aromatic rings. The van der Waals surface area contributed by atoms with Gasteiger partial charge in [0.15, 0.2) is 0 Å². The largest absolute Gasteiger partial charge is 0.372 e. The molecule has 0 amide bonds. The van der Waals surface area contributed by atoms with E-state index in [-0.39, 0.29) is 11.6 Å². The van der Waals surface area contributed by atoms with Gasteiger partial charge in [0.25, 0.3) is 0 Å². The van der Waals surface area contributed by atoms with Crippen LogP contribution in [-0.4, -0.2) is 24.8 Å². The summed E-state index contributed by atoms with van der Waals surface area (Å²) in [5.74, 6) is 0. The van der Waals surface area contributed by atoms with E-state index >= 15 is 0 Å². The first-order valence-electron chi connectivity index (χ1n) is 5.14. The van der Waals surface area contributed by atoms with Gasteiger partial charge in [-0.1, -0.05) is 0 Å². The molecule has 2 aliphatic heterocycles. The van der Waals surface area contributed by atoms with Gasteiger partial charge in [0.1, 0.15) is 6.04 Å². The molecule has 0 aliphatic carbocycles. The smallest absolute Gasteiger partial charge is 0.125 e. The van der Waals surface area contributed by atoms with E-state index in [9.17, 15) is 0 Å². The topological polar surface area (TPSA) is 45.0 Å².